The molecule has 0 radical (unpaired) electrons. The highest BCUT2D eigenvalue weighted by atomic mass is 19.4. The van der Waals surface area contributed by atoms with Crippen LogP contribution in [0, 0.1) is 0 Å². The van der Waals surface area contributed by atoms with Crippen LogP contribution in [0.2, 0.25) is 0 Å². The molecule has 0 saturated heterocycles. The second-order valence-electron chi connectivity index (χ2n) is 7.42. The van der Waals surface area contributed by atoms with Gasteiger partial charge in [-0.05, 0) is 43.2 Å². The number of urea groups is 1. The van der Waals surface area contributed by atoms with Crippen LogP contribution in [0.5, 0.6) is 17.2 Å². The fourth-order valence-electron chi connectivity index (χ4n) is 3.23. The maximum absolute atomic E-state index is 13.7. The molecule has 3 amide bonds. The number of carbonyl (C=O) groups excluding carboxylic acids is 2. The number of aromatic nitrogens is 1. The molecular weight excluding hydrogens is 441 g/mol. The number of nitrogens with one attached hydrogen (secondary N) is 2. The molecule has 4 rings (SSSR count). The minimum Gasteiger partial charge on any atom is -0.496 e. The number of halogens is 3. The number of nitrogens with two attached hydrogens (primary N) is 1. The van der Waals surface area contributed by atoms with Crippen LogP contribution >= 0.6 is 0 Å². The van der Waals surface area contributed by atoms with E-state index in [1.807, 2.05) is 0 Å². The summed E-state index contributed by atoms with van der Waals surface area (Å²) in [6.07, 6.45) is -1.73. The molecule has 1 heterocycles. The first-order valence-corrected chi connectivity index (χ1v) is 9.89. The smallest absolute Gasteiger partial charge is 0.418 e. The Bertz CT molecular complexity index is 1240. The van der Waals surface area contributed by atoms with Crippen molar-refractivity contribution >= 4 is 28.5 Å². The summed E-state index contributed by atoms with van der Waals surface area (Å²) in [5.41, 5.74) is 4.39. The summed E-state index contributed by atoms with van der Waals surface area (Å²) in [6, 6.07) is 6.82. The number of rotatable bonds is 6. The Kier molecular flexibility index (Phi) is 5.71. The molecule has 3 aromatic rings. The Hall–Kier alpha value is -4.02. The first kappa shape index (κ1) is 22.2. The van der Waals surface area contributed by atoms with E-state index in [4.69, 9.17) is 15.2 Å². The standard InChI is InChI=1S/C22H19F3N4O4/c1-32-19-10-17-13(9-14(19)20(26)30)18(6-7-27-17)33-12-4-5-16(15(8-12)22(23,24)25)29-21(31)28-11-2-3-11/h4-11H,2-3H2,1H3,(H2,26,30)(H2,28,29,31). The summed E-state index contributed by atoms with van der Waals surface area (Å²) < 4.78 is 51.9. The number of nitrogens with zero attached hydrogens (tertiary/aromatic N) is 1. The van der Waals surface area contributed by atoms with Crippen LogP contribution in [0.25, 0.3) is 10.9 Å². The highest BCUT2D eigenvalue weighted by Crippen LogP contribution is 2.39. The molecule has 172 valence electrons. The number of fused-ring (bicyclic) bond motifs is 1. The van der Waals surface area contributed by atoms with Crippen molar-refractivity contribution in [1.82, 2.24) is 10.3 Å². The fourth-order valence-corrected chi connectivity index (χ4v) is 3.23. The van der Waals surface area contributed by atoms with Crippen LogP contribution in [-0.4, -0.2) is 30.1 Å². The van der Waals surface area contributed by atoms with Crippen LogP contribution < -0.4 is 25.8 Å². The minimum absolute atomic E-state index is 0.00849. The van der Waals surface area contributed by atoms with Gasteiger partial charge in [-0.2, -0.15) is 13.2 Å². The number of pyridine rings is 1. The van der Waals surface area contributed by atoms with Crippen molar-refractivity contribution < 1.29 is 32.2 Å². The fraction of sp³-hybridized carbons (Fsp3) is 0.227. The first-order chi connectivity index (χ1) is 15.7. The van der Waals surface area contributed by atoms with Crippen molar-refractivity contribution in [3.8, 4) is 17.2 Å². The molecule has 1 aliphatic carbocycles. The number of hydrogen-bond acceptors (Lipinski definition) is 5. The van der Waals surface area contributed by atoms with Crippen molar-refractivity contribution in [1.29, 1.82) is 0 Å². The van der Waals surface area contributed by atoms with Crippen LogP contribution in [0.4, 0.5) is 23.7 Å². The van der Waals surface area contributed by atoms with E-state index in [1.54, 1.807) is 0 Å². The molecule has 1 aliphatic rings. The number of methoxy groups -OCH3 is 1. The number of hydrogen-bond donors (Lipinski definition) is 3. The van der Waals surface area contributed by atoms with Crippen molar-refractivity contribution in [3.63, 3.8) is 0 Å². The van der Waals surface area contributed by atoms with E-state index in [9.17, 15) is 22.8 Å². The van der Waals surface area contributed by atoms with Gasteiger partial charge in [0.25, 0.3) is 5.91 Å². The molecule has 2 aromatic carbocycles. The van der Waals surface area contributed by atoms with Gasteiger partial charge in [-0.1, -0.05) is 0 Å². The Labute approximate surface area is 185 Å². The monoisotopic (exact) mass is 460 g/mol. The highest BCUT2D eigenvalue weighted by Gasteiger charge is 2.35. The lowest BCUT2D eigenvalue weighted by Crippen LogP contribution is -2.31. The molecule has 0 aliphatic heterocycles. The Morgan fingerprint density at radius 1 is 1.12 bits per heavy atom. The van der Waals surface area contributed by atoms with E-state index in [2.05, 4.69) is 15.6 Å². The number of anilines is 1. The van der Waals surface area contributed by atoms with Crippen LogP contribution in [-0.2, 0) is 6.18 Å². The molecule has 1 aromatic heterocycles. The quantitative estimate of drug-likeness (QED) is 0.503. The third kappa shape index (κ3) is 4.92. The Morgan fingerprint density at radius 2 is 1.88 bits per heavy atom. The lowest BCUT2D eigenvalue weighted by atomic mass is 10.1. The number of amides is 3. The summed E-state index contributed by atoms with van der Waals surface area (Å²) in [7, 11) is 1.37. The Balaban J connectivity index is 1.69. The van der Waals surface area contributed by atoms with E-state index in [1.165, 1.54) is 37.6 Å². The number of benzene rings is 2. The van der Waals surface area contributed by atoms with Crippen LogP contribution in [0.1, 0.15) is 28.8 Å². The average molecular weight is 460 g/mol. The van der Waals surface area contributed by atoms with E-state index in [0.717, 1.165) is 25.0 Å². The van der Waals surface area contributed by atoms with E-state index >= 15 is 0 Å². The normalized spacial score (nSPS) is 13.5. The maximum Gasteiger partial charge on any atom is 0.418 e. The van der Waals surface area contributed by atoms with Crippen molar-refractivity contribution in [2.24, 2.45) is 5.73 Å². The molecule has 0 atom stereocenters. The summed E-state index contributed by atoms with van der Waals surface area (Å²) >= 11 is 0. The molecule has 0 unspecified atom stereocenters. The second-order valence-corrected chi connectivity index (χ2v) is 7.42. The van der Waals surface area contributed by atoms with Crippen molar-refractivity contribution in [2.75, 3.05) is 12.4 Å². The molecule has 1 fully saturated rings. The second kappa shape index (κ2) is 8.49. The minimum atomic E-state index is -4.74. The molecule has 8 nitrogen and oxygen atoms in total. The third-order valence-corrected chi connectivity index (χ3v) is 4.97. The van der Waals surface area contributed by atoms with Gasteiger partial charge in [0.05, 0.1) is 29.4 Å². The van der Waals surface area contributed by atoms with Gasteiger partial charge in [0.15, 0.2) is 0 Å². The topological polar surface area (TPSA) is 116 Å². The predicted molar refractivity (Wildman–Crippen MR) is 114 cm³/mol. The molecule has 1 saturated carbocycles. The summed E-state index contributed by atoms with van der Waals surface area (Å²) in [6.45, 7) is 0. The summed E-state index contributed by atoms with van der Waals surface area (Å²) in [5.74, 6) is -0.508. The van der Waals surface area contributed by atoms with Gasteiger partial charge in [-0.25, -0.2) is 4.79 Å². The van der Waals surface area contributed by atoms with Gasteiger partial charge in [-0.3, -0.25) is 9.78 Å². The number of carbonyl (C=O) groups is 2. The lowest BCUT2D eigenvalue weighted by molar-refractivity contribution is -0.137. The SMILES string of the molecule is COc1cc2nccc(Oc3ccc(NC(=O)NC4CC4)c(C(F)(F)F)c3)c2cc1C(N)=O. The molecular formula is C22H19F3N4O4. The van der Waals surface area contributed by atoms with Crippen molar-refractivity contribution in [2.45, 2.75) is 25.1 Å². The molecule has 0 spiro atoms. The zero-order valence-corrected chi connectivity index (χ0v) is 17.3. The first-order valence-electron chi connectivity index (χ1n) is 9.89. The third-order valence-electron chi connectivity index (χ3n) is 4.97. The van der Waals surface area contributed by atoms with Crippen LogP contribution in [0.15, 0.2) is 42.6 Å². The predicted octanol–water partition coefficient (Wildman–Crippen LogP) is 4.44. The highest BCUT2D eigenvalue weighted by molar-refractivity contribution is 6.01. The summed E-state index contributed by atoms with van der Waals surface area (Å²) in [4.78, 5) is 27.9. The summed E-state index contributed by atoms with van der Waals surface area (Å²) in [5, 5.41) is 5.17. The molecule has 4 N–H and O–H groups in total. The van der Waals surface area contributed by atoms with Gasteiger partial charge in [-0.15, -0.1) is 0 Å². The van der Waals surface area contributed by atoms with Gasteiger partial charge >= 0.3 is 12.2 Å². The van der Waals surface area contributed by atoms with Gasteiger partial charge < -0.3 is 25.8 Å². The Morgan fingerprint density at radius 3 is 2.52 bits per heavy atom. The van der Waals surface area contributed by atoms with E-state index in [0.29, 0.717) is 10.9 Å². The number of ether oxygens (including phenoxy) is 2. The maximum atomic E-state index is 13.7. The van der Waals surface area contributed by atoms with Gasteiger partial charge in [0.2, 0.25) is 0 Å². The largest absolute Gasteiger partial charge is 0.496 e. The van der Waals surface area contributed by atoms with Gasteiger partial charge in [0.1, 0.15) is 17.2 Å². The molecule has 11 heteroatoms. The molecule has 33 heavy (non-hydrogen) atoms. The van der Waals surface area contributed by atoms with Crippen LogP contribution in [0.3, 0.4) is 0 Å². The molecule has 0 bridgehead atoms. The number of alkyl halides is 3. The zero-order valence-electron chi connectivity index (χ0n) is 17.3. The number of primary amides is 1. The van der Waals surface area contributed by atoms with Gasteiger partial charge in [0, 0.05) is 23.7 Å². The van der Waals surface area contributed by atoms with Crippen molar-refractivity contribution in [3.05, 3.63) is 53.7 Å². The average Bonchev–Trinajstić information content (AvgIpc) is 3.57. The zero-order chi connectivity index (χ0) is 23.8. The van der Waals surface area contributed by atoms with E-state index in [-0.39, 0.29) is 28.9 Å². The lowest BCUT2D eigenvalue weighted by Gasteiger charge is -2.17. The van der Waals surface area contributed by atoms with E-state index < -0.39 is 29.4 Å².